The standard InChI is InChI=1S/C22H24FNO3S/c1-3-14-7-11-17-18(13-14)28-21(20(17)22(26)27-4-2)24-19(25)12-8-15-5-9-16(23)10-6-15/h5-6,8-10,12,14H,3-4,7,11,13H2,1-2H3,(H,24,25)/b12-8+. The van der Waals surface area contributed by atoms with Gasteiger partial charge in [0, 0.05) is 11.0 Å². The lowest BCUT2D eigenvalue weighted by molar-refractivity contribution is -0.111. The first-order valence-corrected chi connectivity index (χ1v) is 10.4. The maximum Gasteiger partial charge on any atom is 0.341 e. The molecule has 0 saturated carbocycles. The Hall–Kier alpha value is -2.47. The first-order chi connectivity index (χ1) is 13.5. The minimum absolute atomic E-state index is 0.291. The van der Waals surface area contributed by atoms with E-state index in [-0.39, 0.29) is 17.7 Å². The highest BCUT2D eigenvalue weighted by Crippen LogP contribution is 2.40. The van der Waals surface area contributed by atoms with E-state index < -0.39 is 0 Å². The van der Waals surface area contributed by atoms with Gasteiger partial charge < -0.3 is 10.1 Å². The molecule has 0 bridgehead atoms. The van der Waals surface area contributed by atoms with Crippen LogP contribution < -0.4 is 5.32 Å². The van der Waals surface area contributed by atoms with Crippen LogP contribution in [0, 0.1) is 11.7 Å². The Labute approximate surface area is 168 Å². The number of fused-ring (bicyclic) bond motifs is 1. The minimum atomic E-state index is -0.382. The van der Waals surface area contributed by atoms with Crippen LogP contribution in [0.4, 0.5) is 9.39 Å². The average Bonchev–Trinajstić information content (AvgIpc) is 3.04. The van der Waals surface area contributed by atoms with E-state index >= 15 is 0 Å². The quantitative estimate of drug-likeness (QED) is 0.533. The Morgan fingerprint density at radius 1 is 1.29 bits per heavy atom. The lowest BCUT2D eigenvalue weighted by Crippen LogP contribution is -2.16. The molecule has 1 amide bonds. The van der Waals surface area contributed by atoms with Crippen molar-refractivity contribution in [3.8, 4) is 0 Å². The zero-order valence-corrected chi connectivity index (χ0v) is 16.9. The zero-order chi connectivity index (χ0) is 20.1. The number of thiophene rings is 1. The molecule has 4 nitrogen and oxygen atoms in total. The minimum Gasteiger partial charge on any atom is -0.462 e. The molecule has 0 spiro atoms. The van der Waals surface area contributed by atoms with Gasteiger partial charge in [-0.1, -0.05) is 25.5 Å². The molecule has 1 aliphatic rings. The summed E-state index contributed by atoms with van der Waals surface area (Å²) >= 11 is 1.47. The van der Waals surface area contributed by atoms with Crippen molar-refractivity contribution in [3.05, 3.63) is 57.7 Å². The lowest BCUT2D eigenvalue weighted by atomic mass is 9.85. The van der Waals surface area contributed by atoms with Crippen LogP contribution in [0.25, 0.3) is 6.08 Å². The van der Waals surface area contributed by atoms with E-state index in [1.165, 1.54) is 34.4 Å². The van der Waals surface area contributed by atoms with Gasteiger partial charge in [-0.3, -0.25) is 4.79 Å². The highest BCUT2D eigenvalue weighted by atomic mass is 32.1. The molecule has 1 unspecified atom stereocenters. The van der Waals surface area contributed by atoms with Crippen LogP contribution in [0.15, 0.2) is 30.3 Å². The monoisotopic (exact) mass is 401 g/mol. The maximum atomic E-state index is 13.0. The van der Waals surface area contributed by atoms with Crippen molar-refractivity contribution < 1.29 is 18.7 Å². The molecule has 1 aromatic carbocycles. The first kappa shape index (κ1) is 20.3. The van der Waals surface area contributed by atoms with Crippen LogP contribution in [-0.2, 0) is 22.4 Å². The van der Waals surface area contributed by atoms with Gasteiger partial charge in [0.25, 0.3) is 0 Å². The van der Waals surface area contributed by atoms with Crippen molar-refractivity contribution >= 4 is 34.3 Å². The summed E-state index contributed by atoms with van der Waals surface area (Å²) in [6.07, 6.45) is 6.91. The van der Waals surface area contributed by atoms with Crippen LogP contribution in [-0.4, -0.2) is 18.5 Å². The fraction of sp³-hybridized carbons (Fsp3) is 0.364. The van der Waals surface area contributed by atoms with Crippen molar-refractivity contribution in [2.24, 2.45) is 5.92 Å². The van der Waals surface area contributed by atoms with Gasteiger partial charge in [-0.05, 0) is 61.4 Å². The largest absolute Gasteiger partial charge is 0.462 e. The molecule has 1 atom stereocenters. The number of nitrogens with one attached hydrogen (secondary N) is 1. The predicted molar refractivity (Wildman–Crippen MR) is 110 cm³/mol. The molecule has 1 aromatic heterocycles. The number of ether oxygens (including phenoxy) is 1. The van der Waals surface area contributed by atoms with Gasteiger partial charge in [0.2, 0.25) is 5.91 Å². The van der Waals surface area contributed by atoms with E-state index in [1.807, 2.05) is 0 Å². The molecular formula is C22H24FNO3S. The summed E-state index contributed by atoms with van der Waals surface area (Å²) in [6, 6.07) is 5.87. The molecule has 2 aromatic rings. The average molecular weight is 402 g/mol. The Bertz CT molecular complexity index is 886. The van der Waals surface area contributed by atoms with Crippen molar-refractivity contribution in [2.75, 3.05) is 11.9 Å². The van der Waals surface area contributed by atoms with E-state index in [0.29, 0.717) is 23.1 Å². The second-order valence-electron chi connectivity index (χ2n) is 6.82. The molecule has 1 heterocycles. The molecule has 0 saturated heterocycles. The van der Waals surface area contributed by atoms with Gasteiger partial charge in [0.05, 0.1) is 12.2 Å². The second-order valence-corrected chi connectivity index (χ2v) is 7.92. The molecule has 0 radical (unpaired) electrons. The van der Waals surface area contributed by atoms with Crippen molar-refractivity contribution in [1.29, 1.82) is 0 Å². The highest BCUT2D eigenvalue weighted by Gasteiger charge is 2.29. The number of rotatable bonds is 6. The number of hydrogen-bond donors (Lipinski definition) is 1. The Kier molecular flexibility index (Phi) is 6.62. The van der Waals surface area contributed by atoms with Crippen molar-refractivity contribution in [2.45, 2.75) is 39.5 Å². The van der Waals surface area contributed by atoms with Gasteiger partial charge in [0.1, 0.15) is 10.8 Å². The number of esters is 1. The second kappa shape index (κ2) is 9.15. The SMILES string of the molecule is CCOC(=O)c1c(NC(=O)/C=C/c2ccc(F)cc2)sc2c1CCC(CC)C2. The van der Waals surface area contributed by atoms with Crippen LogP contribution in [0.2, 0.25) is 0 Å². The van der Waals surface area contributed by atoms with Gasteiger partial charge in [-0.2, -0.15) is 0 Å². The van der Waals surface area contributed by atoms with E-state index in [2.05, 4.69) is 12.2 Å². The Morgan fingerprint density at radius 3 is 2.71 bits per heavy atom. The number of carbonyl (C=O) groups excluding carboxylic acids is 2. The summed E-state index contributed by atoms with van der Waals surface area (Å²) in [4.78, 5) is 26.1. The van der Waals surface area contributed by atoms with E-state index in [1.54, 1.807) is 25.1 Å². The highest BCUT2D eigenvalue weighted by molar-refractivity contribution is 7.17. The van der Waals surface area contributed by atoms with Crippen LogP contribution in [0.3, 0.4) is 0 Å². The van der Waals surface area contributed by atoms with Gasteiger partial charge in [0.15, 0.2) is 0 Å². The zero-order valence-electron chi connectivity index (χ0n) is 16.1. The fourth-order valence-corrected chi connectivity index (χ4v) is 4.76. The number of halogens is 1. The predicted octanol–water partition coefficient (Wildman–Crippen LogP) is 5.23. The summed E-state index contributed by atoms with van der Waals surface area (Å²) < 4.78 is 18.2. The van der Waals surface area contributed by atoms with Crippen LogP contribution >= 0.6 is 11.3 Å². The number of hydrogen-bond acceptors (Lipinski definition) is 4. The molecule has 3 rings (SSSR count). The summed E-state index contributed by atoms with van der Waals surface area (Å²) in [5.41, 5.74) is 2.24. The maximum absolute atomic E-state index is 13.0. The summed E-state index contributed by atoms with van der Waals surface area (Å²) in [5.74, 6) is -0.424. The first-order valence-electron chi connectivity index (χ1n) is 9.58. The fourth-order valence-electron chi connectivity index (χ4n) is 3.41. The topological polar surface area (TPSA) is 55.4 Å². The normalized spacial score (nSPS) is 16.0. The molecule has 28 heavy (non-hydrogen) atoms. The molecule has 1 aliphatic carbocycles. The summed E-state index contributed by atoms with van der Waals surface area (Å²) in [7, 11) is 0. The third kappa shape index (κ3) is 4.68. The van der Waals surface area contributed by atoms with E-state index in [9.17, 15) is 14.0 Å². The number of anilines is 1. The molecule has 0 aliphatic heterocycles. The van der Waals surface area contributed by atoms with E-state index in [0.717, 1.165) is 36.8 Å². The van der Waals surface area contributed by atoms with Crippen molar-refractivity contribution in [3.63, 3.8) is 0 Å². The molecular weight excluding hydrogens is 377 g/mol. The van der Waals surface area contributed by atoms with Crippen molar-refractivity contribution in [1.82, 2.24) is 0 Å². The summed E-state index contributed by atoms with van der Waals surface area (Å²) in [6.45, 7) is 4.24. The Balaban J connectivity index is 1.82. The van der Waals surface area contributed by atoms with Crippen LogP contribution in [0.1, 0.15) is 53.1 Å². The van der Waals surface area contributed by atoms with Crippen LogP contribution in [0.5, 0.6) is 0 Å². The number of carbonyl (C=O) groups is 2. The molecule has 148 valence electrons. The summed E-state index contributed by atoms with van der Waals surface area (Å²) in [5, 5.41) is 3.39. The van der Waals surface area contributed by atoms with Gasteiger partial charge in [-0.25, -0.2) is 9.18 Å². The smallest absolute Gasteiger partial charge is 0.341 e. The van der Waals surface area contributed by atoms with E-state index in [4.69, 9.17) is 4.74 Å². The molecule has 0 fully saturated rings. The van der Waals surface area contributed by atoms with Gasteiger partial charge in [-0.15, -0.1) is 11.3 Å². The third-order valence-corrected chi connectivity index (χ3v) is 6.13. The lowest BCUT2D eigenvalue weighted by Gasteiger charge is -2.20. The number of amides is 1. The molecule has 6 heteroatoms. The van der Waals surface area contributed by atoms with Gasteiger partial charge >= 0.3 is 5.97 Å². The number of benzene rings is 1. The third-order valence-electron chi connectivity index (χ3n) is 4.96. The Morgan fingerprint density at radius 2 is 2.04 bits per heavy atom. The molecule has 1 N–H and O–H groups in total.